The average Bonchev–Trinajstić information content (AvgIpc) is 2.71. The first kappa shape index (κ1) is 25.6. The standard InChI is InChI=1S/3C8H10N.Cu/c3*1-7-3-5-8(9-2)6-4-7;/h3*3-6,9H,2H2,1H3;/q3*-1;. The Kier molecular flexibility index (Phi) is 13.4. The van der Waals surface area contributed by atoms with Crippen molar-refractivity contribution in [3.8, 4) is 0 Å². The van der Waals surface area contributed by atoms with Crippen molar-refractivity contribution in [1.29, 1.82) is 0 Å². The zero-order valence-electron chi connectivity index (χ0n) is 16.9. The predicted octanol–water partition coefficient (Wildman–Crippen LogP) is 6.59. The van der Waals surface area contributed by atoms with E-state index in [1.165, 1.54) is 16.7 Å². The smallest absolute Gasteiger partial charge is 0.00443 e. The van der Waals surface area contributed by atoms with Crippen LogP contribution in [0.1, 0.15) is 16.7 Å². The summed E-state index contributed by atoms with van der Waals surface area (Å²) in [7, 11) is 10.6. The molecule has 0 aromatic heterocycles. The Labute approximate surface area is 181 Å². The molecule has 4 heteroatoms. The summed E-state index contributed by atoms with van der Waals surface area (Å²) in [6.07, 6.45) is 0. The second kappa shape index (κ2) is 14.6. The van der Waals surface area contributed by atoms with Crippen LogP contribution in [0.4, 0.5) is 17.1 Å². The first-order valence-electron chi connectivity index (χ1n) is 8.77. The Balaban J connectivity index is 0.000000384. The van der Waals surface area contributed by atoms with E-state index in [2.05, 4.69) is 57.9 Å². The van der Waals surface area contributed by atoms with Gasteiger partial charge >= 0.3 is 0 Å². The number of hydrogen-bond acceptors (Lipinski definition) is 3. The van der Waals surface area contributed by atoms with E-state index in [4.69, 9.17) is 0 Å². The molecule has 3 rings (SSSR count). The van der Waals surface area contributed by atoms with E-state index in [9.17, 15) is 0 Å². The third-order valence-electron chi connectivity index (χ3n) is 3.77. The Bertz CT molecular complexity index is 643. The molecule has 155 valence electrons. The zero-order valence-corrected chi connectivity index (χ0v) is 17.8. The van der Waals surface area contributed by atoms with Crippen LogP contribution < -0.4 is 16.0 Å². The summed E-state index contributed by atoms with van der Waals surface area (Å²) in [5.41, 5.74) is 6.98. The van der Waals surface area contributed by atoms with Crippen LogP contribution in [0, 0.1) is 41.9 Å². The number of anilines is 3. The maximum Gasteiger partial charge on any atom is 0.00443 e. The number of rotatable bonds is 3. The molecule has 0 spiro atoms. The number of aryl methyl sites for hydroxylation is 3. The van der Waals surface area contributed by atoms with Gasteiger partial charge in [-0.25, -0.2) is 0 Å². The van der Waals surface area contributed by atoms with Crippen LogP contribution in [0.5, 0.6) is 0 Å². The van der Waals surface area contributed by atoms with Gasteiger partial charge in [-0.1, -0.05) is 53.1 Å². The minimum atomic E-state index is 0. The number of nitrogens with one attached hydrogen (secondary N) is 3. The summed E-state index contributed by atoms with van der Waals surface area (Å²) in [5, 5.41) is 8.41. The normalized spacial score (nSPS) is 8.79. The molecular formula is C24H30CuN3-3. The molecule has 1 radical (unpaired) electrons. The van der Waals surface area contributed by atoms with Gasteiger partial charge in [0.25, 0.3) is 0 Å². The van der Waals surface area contributed by atoms with E-state index >= 15 is 0 Å². The third kappa shape index (κ3) is 10.7. The van der Waals surface area contributed by atoms with Gasteiger partial charge in [0, 0.05) is 34.1 Å². The molecule has 0 fully saturated rings. The van der Waals surface area contributed by atoms with Crippen molar-refractivity contribution in [3.05, 3.63) is 111 Å². The Morgan fingerprint density at radius 2 is 0.607 bits per heavy atom. The predicted molar refractivity (Wildman–Crippen MR) is 120 cm³/mol. The second-order valence-corrected chi connectivity index (χ2v) is 6.13. The van der Waals surface area contributed by atoms with Gasteiger partial charge in [-0.15, -0.1) is 0 Å². The fourth-order valence-corrected chi connectivity index (χ4v) is 2.01. The molecule has 28 heavy (non-hydrogen) atoms. The zero-order chi connectivity index (χ0) is 20.1. The van der Waals surface area contributed by atoms with Gasteiger partial charge in [-0.3, -0.25) is 21.1 Å². The van der Waals surface area contributed by atoms with Gasteiger partial charge in [0.1, 0.15) is 0 Å². The molecule has 0 saturated heterocycles. The molecule has 0 saturated carbocycles. The van der Waals surface area contributed by atoms with Crippen LogP contribution in [-0.2, 0) is 17.1 Å². The van der Waals surface area contributed by atoms with Crippen LogP contribution in [0.25, 0.3) is 0 Å². The van der Waals surface area contributed by atoms with Crippen LogP contribution in [0.2, 0.25) is 0 Å². The molecule has 3 aromatic rings. The SMILES string of the molecule is [CH2-]Nc1ccc(C)cc1.[CH2-]Nc1ccc(C)cc1.[CH2-]Nc1ccc(C)cc1.[Cu]. The molecule has 0 unspecified atom stereocenters. The fraction of sp³-hybridized carbons (Fsp3) is 0.125. The summed E-state index contributed by atoms with van der Waals surface area (Å²) in [6, 6.07) is 24.3. The Morgan fingerprint density at radius 1 is 0.429 bits per heavy atom. The van der Waals surface area contributed by atoms with Crippen molar-refractivity contribution in [2.24, 2.45) is 0 Å². The van der Waals surface area contributed by atoms with Gasteiger partial charge in [0.15, 0.2) is 0 Å². The van der Waals surface area contributed by atoms with Crippen LogP contribution in [0.15, 0.2) is 72.8 Å². The van der Waals surface area contributed by atoms with E-state index in [1.54, 1.807) is 0 Å². The topological polar surface area (TPSA) is 36.1 Å². The fourth-order valence-electron chi connectivity index (χ4n) is 2.01. The molecule has 0 aliphatic heterocycles. The quantitative estimate of drug-likeness (QED) is 0.328. The first-order valence-corrected chi connectivity index (χ1v) is 8.77. The maximum absolute atomic E-state index is 3.54. The monoisotopic (exact) mass is 423 g/mol. The summed E-state index contributed by atoms with van der Waals surface area (Å²) in [4.78, 5) is 0. The summed E-state index contributed by atoms with van der Waals surface area (Å²) in [5.74, 6) is 0. The molecule has 3 nitrogen and oxygen atoms in total. The average molecular weight is 424 g/mol. The minimum Gasteiger partial charge on any atom is -0.538 e. The van der Waals surface area contributed by atoms with E-state index in [0.29, 0.717) is 0 Å². The number of benzene rings is 3. The Hall–Kier alpha value is -2.42. The third-order valence-corrected chi connectivity index (χ3v) is 3.77. The molecule has 0 aliphatic rings. The van der Waals surface area contributed by atoms with E-state index in [-0.39, 0.29) is 17.1 Å². The summed E-state index contributed by atoms with van der Waals surface area (Å²) < 4.78 is 0. The molecule has 0 aliphatic carbocycles. The van der Waals surface area contributed by atoms with E-state index in [0.717, 1.165) is 17.1 Å². The van der Waals surface area contributed by atoms with Crippen molar-refractivity contribution in [1.82, 2.24) is 0 Å². The Morgan fingerprint density at radius 3 is 0.750 bits per heavy atom. The molecule has 0 amide bonds. The molecular weight excluding hydrogens is 394 g/mol. The molecule has 3 N–H and O–H groups in total. The molecule has 3 aromatic carbocycles. The van der Waals surface area contributed by atoms with Crippen molar-refractivity contribution in [3.63, 3.8) is 0 Å². The molecule has 0 heterocycles. The first-order chi connectivity index (χ1) is 13.0. The van der Waals surface area contributed by atoms with Gasteiger partial charge in [-0.2, -0.15) is 0 Å². The molecule has 0 bridgehead atoms. The van der Waals surface area contributed by atoms with Crippen molar-refractivity contribution in [2.45, 2.75) is 20.8 Å². The van der Waals surface area contributed by atoms with Gasteiger partial charge in [0.2, 0.25) is 0 Å². The summed E-state index contributed by atoms with van der Waals surface area (Å²) >= 11 is 0. The van der Waals surface area contributed by atoms with Crippen molar-refractivity contribution < 1.29 is 17.1 Å². The largest absolute Gasteiger partial charge is 0.538 e. The minimum absolute atomic E-state index is 0. The maximum atomic E-state index is 3.54. The van der Waals surface area contributed by atoms with Gasteiger partial charge in [0.05, 0.1) is 0 Å². The number of hydrogen-bond donors (Lipinski definition) is 3. The van der Waals surface area contributed by atoms with Crippen molar-refractivity contribution >= 4 is 17.1 Å². The summed E-state index contributed by atoms with van der Waals surface area (Å²) in [6.45, 7) is 6.19. The van der Waals surface area contributed by atoms with Crippen molar-refractivity contribution in [2.75, 3.05) is 16.0 Å². The van der Waals surface area contributed by atoms with E-state index in [1.807, 2.05) is 72.8 Å². The van der Waals surface area contributed by atoms with Crippen LogP contribution in [0.3, 0.4) is 0 Å². The molecule has 0 atom stereocenters. The van der Waals surface area contributed by atoms with Gasteiger partial charge in [-0.05, 0) is 57.2 Å². The van der Waals surface area contributed by atoms with Crippen LogP contribution >= 0.6 is 0 Å². The van der Waals surface area contributed by atoms with Crippen LogP contribution in [-0.4, -0.2) is 0 Å². The van der Waals surface area contributed by atoms with E-state index < -0.39 is 0 Å². The van der Waals surface area contributed by atoms with Gasteiger partial charge < -0.3 is 16.0 Å². The second-order valence-electron chi connectivity index (χ2n) is 6.13.